The summed E-state index contributed by atoms with van der Waals surface area (Å²) in [6.45, 7) is 0.972. The van der Waals surface area contributed by atoms with Gasteiger partial charge >= 0.3 is 5.97 Å². The molecule has 1 N–H and O–H groups in total. The molecule has 1 aliphatic carbocycles. The highest BCUT2D eigenvalue weighted by molar-refractivity contribution is 6.37. The molecule has 0 bridgehead atoms. The second-order valence-electron chi connectivity index (χ2n) is 8.47. The number of hydrogen-bond donors (Lipinski definition) is 1. The lowest BCUT2D eigenvalue weighted by molar-refractivity contribution is -0.533. The standard InChI is InChI=1S/C22H36O8/c23-19(20(24)12-6-7-13-21(25)26)11-5-2-1-4-10-18-16-27-29-22(30-28-17-18)14-8-3-9-15-22/h18H,1-17H2,(H,25,26). The van der Waals surface area contributed by atoms with Gasteiger partial charge in [-0.15, -0.1) is 0 Å². The Morgan fingerprint density at radius 1 is 0.733 bits per heavy atom. The van der Waals surface area contributed by atoms with Gasteiger partial charge in [-0.3, -0.25) is 14.4 Å². The van der Waals surface area contributed by atoms with E-state index in [-0.39, 0.29) is 36.7 Å². The molecule has 1 spiro atoms. The molecule has 1 heterocycles. The third-order valence-corrected chi connectivity index (χ3v) is 5.77. The minimum atomic E-state index is -0.875. The van der Waals surface area contributed by atoms with Gasteiger partial charge in [0.1, 0.15) is 0 Å². The van der Waals surface area contributed by atoms with Crippen molar-refractivity contribution in [2.75, 3.05) is 13.2 Å². The molecule has 30 heavy (non-hydrogen) atoms. The van der Waals surface area contributed by atoms with Crippen molar-refractivity contribution in [2.45, 2.75) is 102 Å². The third-order valence-electron chi connectivity index (χ3n) is 5.77. The Bertz CT molecular complexity index is 529. The summed E-state index contributed by atoms with van der Waals surface area (Å²) in [5, 5.41) is 8.56. The lowest BCUT2D eigenvalue weighted by Crippen LogP contribution is -2.41. The Kier molecular flexibility index (Phi) is 11.5. The Balaban J connectivity index is 1.48. The zero-order chi connectivity index (χ0) is 21.7. The van der Waals surface area contributed by atoms with Crippen molar-refractivity contribution in [1.82, 2.24) is 0 Å². The van der Waals surface area contributed by atoms with Crippen LogP contribution in [0.3, 0.4) is 0 Å². The minimum Gasteiger partial charge on any atom is -0.481 e. The predicted octanol–water partition coefficient (Wildman–Crippen LogP) is 4.30. The van der Waals surface area contributed by atoms with E-state index in [0.717, 1.165) is 51.4 Å². The summed E-state index contributed by atoms with van der Waals surface area (Å²) in [5.41, 5.74) is 0. The number of ketones is 2. The number of unbranched alkanes of at least 4 members (excludes halogenated alkanes) is 4. The van der Waals surface area contributed by atoms with Gasteiger partial charge in [-0.2, -0.15) is 9.78 Å². The fraction of sp³-hybridized carbons (Fsp3) is 0.864. The van der Waals surface area contributed by atoms with E-state index in [1.54, 1.807) is 0 Å². The molecule has 0 radical (unpaired) electrons. The molecule has 1 saturated heterocycles. The number of carboxylic acid groups (broad SMARTS) is 1. The number of aliphatic carboxylic acids is 1. The van der Waals surface area contributed by atoms with Gasteiger partial charge in [-0.05, 0) is 38.5 Å². The van der Waals surface area contributed by atoms with Crippen LogP contribution in [-0.4, -0.2) is 41.6 Å². The largest absolute Gasteiger partial charge is 0.481 e. The van der Waals surface area contributed by atoms with Crippen molar-refractivity contribution in [3.63, 3.8) is 0 Å². The zero-order valence-electron chi connectivity index (χ0n) is 17.9. The molecular formula is C22H36O8. The predicted molar refractivity (Wildman–Crippen MR) is 107 cm³/mol. The van der Waals surface area contributed by atoms with E-state index in [0.29, 0.717) is 32.5 Å². The van der Waals surface area contributed by atoms with Crippen molar-refractivity contribution in [2.24, 2.45) is 5.92 Å². The average molecular weight is 429 g/mol. The van der Waals surface area contributed by atoms with Gasteiger partial charge in [0.15, 0.2) is 11.6 Å². The molecule has 2 fully saturated rings. The normalized spacial score (nSPS) is 19.9. The maximum Gasteiger partial charge on any atom is 0.303 e. The van der Waals surface area contributed by atoms with E-state index in [4.69, 9.17) is 24.7 Å². The average Bonchev–Trinajstić information content (AvgIpc) is 2.72. The van der Waals surface area contributed by atoms with Crippen molar-refractivity contribution >= 4 is 17.5 Å². The third kappa shape index (κ3) is 9.64. The lowest BCUT2D eigenvalue weighted by Gasteiger charge is -2.36. The molecule has 1 saturated carbocycles. The zero-order valence-corrected chi connectivity index (χ0v) is 17.9. The molecule has 0 unspecified atom stereocenters. The maximum absolute atomic E-state index is 11.8. The number of Topliss-reactive ketones (excluding diaryl/α,β-unsaturated/α-hetero) is 2. The fourth-order valence-electron chi connectivity index (χ4n) is 3.87. The maximum atomic E-state index is 11.8. The lowest BCUT2D eigenvalue weighted by atomic mass is 9.94. The summed E-state index contributed by atoms with van der Waals surface area (Å²) in [6, 6.07) is 0. The van der Waals surface area contributed by atoms with E-state index in [1.807, 2.05) is 0 Å². The highest BCUT2D eigenvalue weighted by atomic mass is 17.3. The first kappa shape index (κ1) is 24.9. The van der Waals surface area contributed by atoms with Crippen LogP contribution in [0.4, 0.5) is 0 Å². The minimum absolute atomic E-state index is 0.0394. The molecule has 1 aliphatic heterocycles. The van der Waals surface area contributed by atoms with Crippen LogP contribution >= 0.6 is 0 Å². The number of rotatable bonds is 13. The highest BCUT2D eigenvalue weighted by Gasteiger charge is 2.38. The number of carbonyl (C=O) groups excluding carboxylic acids is 2. The van der Waals surface area contributed by atoms with Crippen LogP contribution in [0.2, 0.25) is 0 Å². The molecule has 8 nitrogen and oxygen atoms in total. The first-order valence-corrected chi connectivity index (χ1v) is 11.4. The van der Waals surface area contributed by atoms with Gasteiger partial charge in [-0.1, -0.05) is 25.7 Å². The molecule has 0 aromatic rings. The summed E-state index contributed by atoms with van der Waals surface area (Å²) in [7, 11) is 0. The van der Waals surface area contributed by atoms with Crippen LogP contribution < -0.4 is 0 Å². The second kappa shape index (κ2) is 13.9. The summed E-state index contributed by atoms with van der Waals surface area (Å²) < 4.78 is 0. The summed E-state index contributed by atoms with van der Waals surface area (Å²) >= 11 is 0. The van der Waals surface area contributed by atoms with E-state index >= 15 is 0 Å². The van der Waals surface area contributed by atoms with E-state index in [9.17, 15) is 14.4 Å². The summed E-state index contributed by atoms with van der Waals surface area (Å²) in [5.74, 6) is -2.11. The Morgan fingerprint density at radius 2 is 1.27 bits per heavy atom. The summed E-state index contributed by atoms with van der Waals surface area (Å²) in [6.07, 6.45) is 10.7. The number of hydrogen-bond acceptors (Lipinski definition) is 7. The van der Waals surface area contributed by atoms with Gasteiger partial charge in [0, 0.05) is 38.0 Å². The second-order valence-corrected chi connectivity index (χ2v) is 8.47. The van der Waals surface area contributed by atoms with Gasteiger partial charge in [0.2, 0.25) is 5.79 Å². The van der Waals surface area contributed by atoms with Gasteiger partial charge in [-0.25, -0.2) is 9.78 Å². The van der Waals surface area contributed by atoms with Crippen molar-refractivity contribution in [3.05, 3.63) is 0 Å². The van der Waals surface area contributed by atoms with E-state index in [1.165, 1.54) is 6.42 Å². The van der Waals surface area contributed by atoms with Crippen LogP contribution in [0.15, 0.2) is 0 Å². The summed E-state index contributed by atoms with van der Waals surface area (Å²) in [4.78, 5) is 56.0. The topological polar surface area (TPSA) is 108 Å². The van der Waals surface area contributed by atoms with E-state index < -0.39 is 11.8 Å². The van der Waals surface area contributed by atoms with Gasteiger partial charge in [0.25, 0.3) is 0 Å². The van der Waals surface area contributed by atoms with Crippen LogP contribution in [0, 0.1) is 5.92 Å². The SMILES string of the molecule is O=C(O)CCCCC(=O)C(=O)CCCCCCC1COOC2(CCCCC2)OOC1. The molecule has 0 amide bonds. The van der Waals surface area contributed by atoms with E-state index in [2.05, 4.69) is 0 Å². The first-order chi connectivity index (χ1) is 14.5. The van der Waals surface area contributed by atoms with Crippen LogP contribution in [0.25, 0.3) is 0 Å². The Morgan fingerprint density at radius 3 is 1.87 bits per heavy atom. The number of carbonyl (C=O) groups is 3. The van der Waals surface area contributed by atoms with Crippen molar-refractivity contribution in [1.29, 1.82) is 0 Å². The quantitative estimate of drug-likeness (QED) is 0.263. The molecule has 0 aromatic heterocycles. The van der Waals surface area contributed by atoms with Crippen molar-refractivity contribution < 1.29 is 39.0 Å². The molecule has 0 aromatic carbocycles. The van der Waals surface area contributed by atoms with Gasteiger partial charge in [0.05, 0.1) is 13.2 Å². The van der Waals surface area contributed by atoms with Crippen LogP contribution in [-0.2, 0) is 33.9 Å². The van der Waals surface area contributed by atoms with Crippen LogP contribution in [0.5, 0.6) is 0 Å². The van der Waals surface area contributed by atoms with Gasteiger partial charge < -0.3 is 5.11 Å². The molecule has 8 heteroatoms. The smallest absolute Gasteiger partial charge is 0.303 e. The Hall–Kier alpha value is -1.35. The first-order valence-electron chi connectivity index (χ1n) is 11.4. The van der Waals surface area contributed by atoms with Crippen LogP contribution in [0.1, 0.15) is 96.3 Å². The molecular weight excluding hydrogens is 392 g/mol. The Labute approximate surface area is 178 Å². The molecule has 0 atom stereocenters. The molecule has 2 rings (SSSR count). The van der Waals surface area contributed by atoms with Crippen molar-refractivity contribution in [3.8, 4) is 0 Å². The highest BCUT2D eigenvalue weighted by Crippen LogP contribution is 2.34. The molecule has 2 aliphatic rings. The number of carboxylic acids is 1. The fourth-order valence-corrected chi connectivity index (χ4v) is 3.87. The molecule has 172 valence electrons. The monoisotopic (exact) mass is 428 g/mol.